The van der Waals surface area contributed by atoms with Crippen LogP contribution in [0.15, 0.2) is 54.6 Å². The maximum atomic E-state index is 11.7. The molecule has 0 atom stereocenters. The summed E-state index contributed by atoms with van der Waals surface area (Å²) in [5.41, 5.74) is 2.13. The third-order valence-electron chi connectivity index (χ3n) is 2.91. The van der Waals surface area contributed by atoms with Gasteiger partial charge in [0.15, 0.2) is 6.61 Å². The van der Waals surface area contributed by atoms with Crippen LogP contribution in [-0.4, -0.2) is 19.6 Å². The molecule has 0 aliphatic heterocycles. The van der Waals surface area contributed by atoms with E-state index in [1.807, 2.05) is 54.6 Å². The van der Waals surface area contributed by atoms with Crippen LogP contribution >= 0.6 is 0 Å². The largest absolute Gasteiger partial charge is 0.484 e. The van der Waals surface area contributed by atoms with Gasteiger partial charge in [0.1, 0.15) is 5.75 Å². The molecule has 110 valence electrons. The SMILES string of the molecule is COCc1cccc(CNC(=O)COc2ccccc2)c1. The summed E-state index contributed by atoms with van der Waals surface area (Å²) in [6.45, 7) is 1.06. The fraction of sp³-hybridized carbons (Fsp3) is 0.235. The summed E-state index contributed by atoms with van der Waals surface area (Å²) >= 11 is 0. The number of para-hydroxylation sites is 1. The molecular formula is C17H19NO3. The smallest absolute Gasteiger partial charge is 0.258 e. The van der Waals surface area contributed by atoms with Crippen LogP contribution in [0.5, 0.6) is 5.75 Å². The molecule has 21 heavy (non-hydrogen) atoms. The van der Waals surface area contributed by atoms with Gasteiger partial charge >= 0.3 is 0 Å². The first-order valence-electron chi connectivity index (χ1n) is 6.79. The number of rotatable bonds is 7. The van der Waals surface area contributed by atoms with E-state index in [4.69, 9.17) is 9.47 Å². The second kappa shape index (κ2) is 8.07. The molecule has 0 aromatic heterocycles. The Bertz CT molecular complexity index is 569. The van der Waals surface area contributed by atoms with E-state index >= 15 is 0 Å². The second-order valence-electron chi connectivity index (χ2n) is 4.63. The van der Waals surface area contributed by atoms with Crippen molar-refractivity contribution in [3.05, 3.63) is 65.7 Å². The number of methoxy groups -OCH3 is 1. The molecule has 4 heteroatoms. The highest BCUT2D eigenvalue weighted by atomic mass is 16.5. The molecule has 0 spiro atoms. The van der Waals surface area contributed by atoms with E-state index in [0.29, 0.717) is 18.9 Å². The van der Waals surface area contributed by atoms with Gasteiger partial charge < -0.3 is 14.8 Å². The summed E-state index contributed by atoms with van der Waals surface area (Å²) in [5.74, 6) is 0.547. The highest BCUT2D eigenvalue weighted by Gasteiger charge is 2.03. The van der Waals surface area contributed by atoms with E-state index in [2.05, 4.69) is 5.32 Å². The highest BCUT2D eigenvalue weighted by molar-refractivity contribution is 5.77. The van der Waals surface area contributed by atoms with Crippen LogP contribution in [0.4, 0.5) is 0 Å². The number of carbonyl (C=O) groups is 1. The molecule has 0 saturated carbocycles. The van der Waals surface area contributed by atoms with Crippen molar-refractivity contribution in [1.29, 1.82) is 0 Å². The van der Waals surface area contributed by atoms with Gasteiger partial charge in [-0.15, -0.1) is 0 Å². The van der Waals surface area contributed by atoms with E-state index in [1.54, 1.807) is 7.11 Å². The van der Waals surface area contributed by atoms with Gasteiger partial charge in [-0.25, -0.2) is 0 Å². The normalized spacial score (nSPS) is 10.1. The van der Waals surface area contributed by atoms with Gasteiger partial charge in [0, 0.05) is 13.7 Å². The molecule has 0 aliphatic rings. The maximum absolute atomic E-state index is 11.7. The van der Waals surface area contributed by atoms with Gasteiger partial charge in [-0.05, 0) is 23.3 Å². The van der Waals surface area contributed by atoms with Crippen molar-refractivity contribution in [3.8, 4) is 5.75 Å². The van der Waals surface area contributed by atoms with Gasteiger partial charge in [0.05, 0.1) is 6.61 Å². The zero-order chi connectivity index (χ0) is 14.9. The number of carbonyl (C=O) groups excluding carboxylic acids is 1. The highest BCUT2D eigenvalue weighted by Crippen LogP contribution is 2.08. The van der Waals surface area contributed by atoms with Crippen LogP contribution in [0.25, 0.3) is 0 Å². The topological polar surface area (TPSA) is 47.6 Å². The number of hydrogen-bond donors (Lipinski definition) is 1. The quantitative estimate of drug-likeness (QED) is 0.850. The fourth-order valence-corrected chi connectivity index (χ4v) is 1.91. The van der Waals surface area contributed by atoms with Gasteiger partial charge in [-0.2, -0.15) is 0 Å². The van der Waals surface area contributed by atoms with Gasteiger partial charge in [0.2, 0.25) is 0 Å². The van der Waals surface area contributed by atoms with Crippen molar-refractivity contribution in [2.24, 2.45) is 0 Å². The van der Waals surface area contributed by atoms with Gasteiger partial charge in [-0.3, -0.25) is 4.79 Å². The molecule has 1 N–H and O–H groups in total. The molecule has 2 rings (SSSR count). The summed E-state index contributed by atoms with van der Waals surface area (Å²) in [6, 6.07) is 17.2. The van der Waals surface area contributed by atoms with Crippen molar-refractivity contribution in [2.75, 3.05) is 13.7 Å². The monoisotopic (exact) mass is 285 g/mol. The van der Waals surface area contributed by atoms with Crippen molar-refractivity contribution in [3.63, 3.8) is 0 Å². The van der Waals surface area contributed by atoms with Crippen molar-refractivity contribution in [1.82, 2.24) is 5.32 Å². The molecule has 2 aromatic carbocycles. The molecule has 0 unspecified atom stereocenters. The zero-order valence-electron chi connectivity index (χ0n) is 12.0. The van der Waals surface area contributed by atoms with E-state index in [1.165, 1.54) is 0 Å². The summed E-state index contributed by atoms with van der Waals surface area (Å²) in [7, 11) is 1.66. The Morgan fingerprint density at radius 1 is 1.05 bits per heavy atom. The predicted molar refractivity (Wildman–Crippen MR) is 80.9 cm³/mol. The fourth-order valence-electron chi connectivity index (χ4n) is 1.91. The molecule has 0 fully saturated rings. The van der Waals surface area contributed by atoms with E-state index < -0.39 is 0 Å². The van der Waals surface area contributed by atoms with Crippen LogP contribution in [-0.2, 0) is 22.7 Å². The van der Waals surface area contributed by atoms with Crippen molar-refractivity contribution in [2.45, 2.75) is 13.2 Å². The van der Waals surface area contributed by atoms with Crippen LogP contribution in [0.2, 0.25) is 0 Å². The first kappa shape index (κ1) is 15.1. The molecular weight excluding hydrogens is 266 g/mol. The summed E-state index contributed by atoms with van der Waals surface area (Å²) < 4.78 is 10.5. The Morgan fingerprint density at radius 3 is 2.57 bits per heavy atom. The lowest BCUT2D eigenvalue weighted by Gasteiger charge is -2.08. The molecule has 2 aromatic rings. The molecule has 0 saturated heterocycles. The lowest BCUT2D eigenvalue weighted by Crippen LogP contribution is -2.28. The number of hydrogen-bond acceptors (Lipinski definition) is 3. The zero-order valence-corrected chi connectivity index (χ0v) is 12.0. The Balaban J connectivity index is 1.77. The average Bonchev–Trinajstić information content (AvgIpc) is 2.53. The summed E-state index contributed by atoms with van der Waals surface area (Å²) in [5, 5.41) is 2.83. The predicted octanol–water partition coefficient (Wildman–Crippen LogP) is 2.53. The Labute approximate surface area is 124 Å². The number of ether oxygens (including phenoxy) is 2. The lowest BCUT2D eigenvalue weighted by molar-refractivity contribution is -0.123. The van der Waals surface area contributed by atoms with Crippen molar-refractivity contribution < 1.29 is 14.3 Å². The molecule has 0 radical (unpaired) electrons. The first-order chi connectivity index (χ1) is 10.3. The van der Waals surface area contributed by atoms with Crippen LogP contribution in [0.3, 0.4) is 0 Å². The molecule has 1 amide bonds. The summed E-state index contributed by atoms with van der Waals surface area (Å²) in [4.78, 5) is 11.7. The third kappa shape index (κ3) is 5.28. The van der Waals surface area contributed by atoms with Crippen LogP contribution in [0, 0.1) is 0 Å². The minimum Gasteiger partial charge on any atom is -0.484 e. The first-order valence-corrected chi connectivity index (χ1v) is 6.79. The average molecular weight is 285 g/mol. The lowest BCUT2D eigenvalue weighted by atomic mass is 10.1. The minimum absolute atomic E-state index is 0.0156. The second-order valence-corrected chi connectivity index (χ2v) is 4.63. The summed E-state index contributed by atoms with van der Waals surface area (Å²) in [6.07, 6.45) is 0. The maximum Gasteiger partial charge on any atom is 0.258 e. The molecule has 0 heterocycles. The van der Waals surface area contributed by atoms with Gasteiger partial charge in [-0.1, -0.05) is 42.5 Å². The Morgan fingerprint density at radius 2 is 1.81 bits per heavy atom. The molecule has 0 bridgehead atoms. The van der Waals surface area contributed by atoms with E-state index in [9.17, 15) is 4.79 Å². The Hall–Kier alpha value is -2.33. The van der Waals surface area contributed by atoms with E-state index in [-0.39, 0.29) is 12.5 Å². The number of amides is 1. The van der Waals surface area contributed by atoms with E-state index in [0.717, 1.165) is 11.1 Å². The molecule has 4 nitrogen and oxygen atoms in total. The number of benzene rings is 2. The minimum atomic E-state index is -0.143. The Kier molecular flexibility index (Phi) is 5.79. The number of nitrogens with one attached hydrogen (secondary N) is 1. The third-order valence-corrected chi connectivity index (χ3v) is 2.91. The van der Waals surface area contributed by atoms with Crippen LogP contribution in [0.1, 0.15) is 11.1 Å². The molecule has 0 aliphatic carbocycles. The van der Waals surface area contributed by atoms with Crippen LogP contribution < -0.4 is 10.1 Å². The standard InChI is InChI=1S/C17H19NO3/c1-20-12-15-7-5-6-14(10-15)11-18-17(19)13-21-16-8-3-2-4-9-16/h2-10H,11-13H2,1H3,(H,18,19). The van der Waals surface area contributed by atoms with Crippen molar-refractivity contribution >= 4 is 5.91 Å². The van der Waals surface area contributed by atoms with Gasteiger partial charge in [0.25, 0.3) is 5.91 Å².